The van der Waals surface area contributed by atoms with Gasteiger partial charge in [-0.3, -0.25) is 4.79 Å². The molecule has 2 aromatic carbocycles. The number of nitrogens with zero attached hydrogens (tertiary/aromatic N) is 3. The van der Waals surface area contributed by atoms with Crippen LogP contribution in [0.15, 0.2) is 41.6 Å². The third kappa shape index (κ3) is 6.04. The highest BCUT2D eigenvalue weighted by Gasteiger charge is 2.14. The highest BCUT2D eigenvalue weighted by atomic mass is 35.5. The molecule has 0 aliphatic carbocycles. The normalized spacial score (nSPS) is 11.1. The molecule has 1 heterocycles. The van der Waals surface area contributed by atoms with E-state index in [9.17, 15) is 4.79 Å². The van der Waals surface area contributed by atoms with E-state index in [1.165, 1.54) is 17.3 Å². The van der Waals surface area contributed by atoms with E-state index in [1.807, 2.05) is 61.7 Å². The molecular weight excluding hydrogens is 444 g/mol. The second-order valence-corrected chi connectivity index (χ2v) is 9.24. The van der Waals surface area contributed by atoms with Crippen molar-refractivity contribution in [2.24, 2.45) is 0 Å². The van der Waals surface area contributed by atoms with Gasteiger partial charge in [0.1, 0.15) is 12.4 Å². The molecule has 0 unspecified atom stereocenters. The van der Waals surface area contributed by atoms with Crippen LogP contribution in [0.5, 0.6) is 5.75 Å². The summed E-state index contributed by atoms with van der Waals surface area (Å²) in [6.07, 6.45) is 0. The lowest BCUT2D eigenvalue weighted by Gasteiger charge is -2.11. The molecule has 3 rings (SSSR count). The lowest BCUT2D eigenvalue weighted by atomic mass is 10.0. The van der Waals surface area contributed by atoms with E-state index in [1.54, 1.807) is 0 Å². The number of benzene rings is 2. The molecule has 0 aliphatic rings. The fraction of sp³-hybridized carbons (Fsp3) is 0.375. The number of aromatic nitrogens is 3. The Morgan fingerprint density at radius 2 is 1.81 bits per heavy atom. The van der Waals surface area contributed by atoms with Crippen LogP contribution in [0.1, 0.15) is 49.2 Å². The molecule has 32 heavy (non-hydrogen) atoms. The minimum atomic E-state index is -0.0807. The Hall–Kier alpha value is -2.51. The summed E-state index contributed by atoms with van der Waals surface area (Å²) < 4.78 is 7.89. The predicted molar refractivity (Wildman–Crippen MR) is 131 cm³/mol. The van der Waals surface area contributed by atoms with Crippen molar-refractivity contribution in [1.82, 2.24) is 14.8 Å². The number of rotatable bonds is 9. The number of amides is 1. The van der Waals surface area contributed by atoms with Gasteiger partial charge < -0.3 is 14.6 Å². The van der Waals surface area contributed by atoms with Crippen molar-refractivity contribution in [2.45, 2.75) is 58.8 Å². The van der Waals surface area contributed by atoms with E-state index in [4.69, 9.17) is 16.3 Å². The number of hydrogen-bond acceptors (Lipinski definition) is 5. The van der Waals surface area contributed by atoms with Gasteiger partial charge in [-0.25, -0.2) is 0 Å². The van der Waals surface area contributed by atoms with E-state index >= 15 is 0 Å². The first-order chi connectivity index (χ1) is 15.3. The third-order valence-electron chi connectivity index (χ3n) is 5.08. The van der Waals surface area contributed by atoms with E-state index in [0.29, 0.717) is 23.4 Å². The smallest absolute Gasteiger partial charge is 0.234 e. The summed E-state index contributed by atoms with van der Waals surface area (Å²) in [5.74, 6) is 2.09. The molecule has 1 N–H and O–H groups in total. The summed E-state index contributed by atoms with van der Waals surface area (Å²) in [5.41, 5.74) is 3.98. The van der Waals surface area contributed by atoms with E-state index in [2.05, 4.69) is 29.4 Å². The first kappa shape index (κ1) is 24.1. The van der Waals surface area contributed by atoms with E-state index in [0.717, 1.165) is 27.6 Å². The second-order valence-electron chi connectivity index (χ2n) is 7.92. The second kappa shape index (κ2) is 10.9. The van der Waals surface area contributed by atoms with E-state index < -0.39 is 0 Å². The van der Waals surface area contributed by atoms with Gasteiger partial charge in [-0.15, -0.1) is 10.2 Å². The molecule has 0 atom stereocenters. The van der Waals surface area contributed by atoms with Crippen LogP contribution in [-0.4, -0.2) is 26.4 Å². The standard InChI is InChI=1S/C24H29ClN4O2S/c1-6-29-21(13-31-20-11-16(4)23(25)17(5)12-20)27-28-24(29)32-14-22(30)26-19-9-7-18(8-10-19)15(2)3/h7-12,15H,6,13-14H2,1-5H3,(H,26,30). The molecule has 3 aromatic rings. The number of thioether (sulfide) groups is 1. The molecule has 8 heteroatoms. The summed E-state index contributed by atoms with van der Waals surface area (Å²) in [6, 6.07) is 11.8. The number of carbonyl (C=O) groups is 1. The average Bonchev–Trinajstić information content (AvgIpc) is 3.16. The molecular formula is C24H29ClN4O2S. The van der Waals surface area contributed by atoms with Crippen molar-refractivity contribution in [3.05, 3.63) is 63.9 Å². The lowest BCUT2D eigenvalue weighted by Crippen LogP contribution is -2.15. The Morgan fingerprint density at radius 1 is 1.16 bits per heavy atom. The van der Waals surface area contributed by atoms with Crippen molar-refractivity contribution < 1.29 is 9.53 Å². The zero-order valence-electron chi connectivity index (χ0n) is 19.1. The topological polar surface area (TPSA) is 69.0 Å². The molecule has 0 saturated carbocycles. The van der Waals surface area contributed by atoms with Crippen LogP contribution in [0.4, 0.5) is 5.69 Å². The zero-order valence-corrected chi connectivity index (χ0v) is 20.7. The molecule has 6 nitrogen and oxygen atoms in total. The number of carbonyl (C=O) groups excluding carboxylic acids is 1. The highest BCUT2D eigenvalue weighted by Crippen LogP contribution is 2.27. The van der Waals surface area contributed by atoms with Gasteiger partial charge in [0.25, 0.3) is 0 Å². The van der Waals surface area contributed by atoms with Gasteiger partial charge in [-0.2, -0.15) is 0 Å². The van der Waals surface area contributed by atoms with Gasteiger partial charge in [-0.05, 0) is 67.6 Å². The van der Waals surface area contributed by atoms with Crippen LogP contribution in [-0.2, 0) is 17.9 Å². The maximum Gasteiger partial charge on any atom is 0.234 e. The quantitative estimate of drug-likeness (QED) is 0.386. The van der Waals surface area contributed by atoms with Crippen molar-refractivity contribution in [2.75, 3.05) is 11.1 Å². The monoisotopic (exact) mass is 472 g/mol. The Morgan fingerprint density at radius 3 is 2.41 bits per heavy atom. The molecule has 0 bridgehead atoms. The first-order valence-electron chi connectivity index (χ1n) is 10.6. The number of anilines is 1. The molecule has 0 fully saturated rings. The van der Waals surface area contributed by atoms with Crippen molar-refractivity contribution >= 4 is 35.0 Å². The Bertz CT molecular complexity index is 1060. The fourth-order valence-electron chi connectivity index (χ4n) is 3.27. The van der Waals surface area contributed by atoms with Gasteiger partial charge in [0.05, 0.1) is 5.75 Å². The molecule has 0 radical (unpaired) electrons. The van der Waals surface area contributed by atoms with Crippen molar-refractivity contribution in [1.29, 1.82) is 0 Å². The van der Waals surface area contributed by atoms with E-state index in [-0.39, 0.29) is 18.3 Å². The van der Waals surface area contributed by atoms with Gasteiger partial charge in [0.2, 0.25) is 5.91 Å². The predicted octanol–water partition coefficient (Wildman–Crippen LogP) is 6.00. The Labute approximate surface area is 198 Å². The SMILES string of the molecule is CCn1c(COc2cc(C)c(Cl)c(C)c2)nnc1SCC(=O)Nc1ccc(C(C)C)cc1. The lowest BCUT2D eigenvalue weighted by molar-refractivity contribution is -0.113. The average molecular weight is 473 g/mol. The molecule has 0 aliphatic heterocycles. The third-order valence-corrected chi connectivity index (χ3v) is 6.64. The van der Waals surface area contributed by atoms with Gasteiger partial charge >= 0.3 is 0 Å². The van der Waals surface area contributed by atoms with Gasteiger partial charge in [0.15, 0.2) is 11.0 Å². The summed E-state index contributed by atoms with van der Waals surface area (Å²) in [7, 11) is 0. The summed E-state index contributed by atoms with van der Waals surface area (Å²) >= 11 is 7.59. The molecule has 0 spiro atoms. The molecule has 0 saturated heterocycles. The maximum absolute atomic E-state index is 12.4. The number of halogens is 1. The Balaban J connectivity index is 1.58. The zero-order chi connectivity index (χ0) is 23.3. The summed E-state index contributed by atoms with van der Waals surface area (Å²) in [4.78, 5) is 12.4. The summed E-state index contributed by atoms with van der Waals surface area (Å²) in [6.45, 7) is 11.2. The van der Waals surface area contributed by atoms with Crippen LogP contribution in [0.3, 0.4) is 0 Å². The van der Waals surface area contributed by atoms with Gasteiger partial charge in [-0.1, -0.05) is 49.3 Å². The highest BCUT2D eigenvalue weighted by molar-refractivity contribution is 7.99. The molecule has 170 valence electrons. The van der Waals surface area contributed by atoms with Crippen LogP contribution in [0.25, 0.3) is 0 Å². The summed E-state index contributed by atoms with van der Waals surface area (Å²) in [5, 5.41) is 12.9. The Kier molecular flexibility index (Phi) is 8.21. The largest absolute Gasteiger partial charge is 0.486 e. The number of aryl methyl sites for hydroxylation is 2. The number of hydrogen-bond donors (Lipinski definition) is 1. The fourth-order valence-corrected chi connectivity index (χ4v) is 4.20. The van der Waals surface area contributed by atoms with Crippen LogP contribution >= 0.6 is 23.4 Å². The number of ether oxygens (including phenoxy) is 1. The first-order valence-corrected chi connectivity index (χ1v) is 12.0. The van der Waals surface area contributed by atoms with Crippen molar-refractivity contribution in [3.8, 4) is 5.75 Å². The van der Waals surface area contributed by atoms with Crippen molar-refractivity contribution in [3.63, 3.8) is 0 Å². The van der Waals surface area contributed by atoms with Crippen LogP contribution in [0.2, 0.25) is 5.02 Å². The number of nitrogens with one attached hydrogen (secondary N) is 1. The molecule has 1 aromatic heterocycles. The van der Waals surface area contributed by atoms with Gasteiger partial charge in [0, 0.05) is 17.3 Å². The maximum atomic E-state index is 12.4. The van der Waals surface area contributed by atoms with Crippen LogP contribution in [0, 0.1) is 13.8 Å². The minimum Gasteiger partial charge on any atom is -0.486 e. The minimum absolute atomic E-state index is 0.0807. The van der Waals surface area contributed by atoms with Crippen LogP contribution < -0.4 is 10.1 Å². The molecule has 1 amide bonds.